The average Bonchev–Trinajstić information content (AvgIpc) is 3.15. The number of aromatic nitrogens is 1. The molecule has 8 heteroatoms. The summed E-state index contributed by atoms with van der Waals surface area (Å²) in [6, 6.07) is 12.2. The lowest BCUT2D eigenvalue weighted by Crippen LogP contribution is -2.03. The lowest BCUT2D eigenvalue weighted by Gasteiger charge is -2.12. The van der Waals surface area contributed by atoms with E-state index in [-0.39, 0.29) is 22.7 Å². The van der Waals surface area contributed by atoms with Gasteiger partial charge in [-0.05, 0) is 23.6 Å². The topological polar surface area (TPSA) is 86.5 Å². The molecule has 0 saturated carbocycles. The second kappa shape index (κ2) is 7.76. The summed E-state index contributed by atoms with van der Waals surface area (Å²) in [5.74, 6) is -0.205. The molecule has 2 N–H and O–H groups in total. The number of hydrogen-bond acceptors (Lipinski definition) is 6. The fourth-order valence-corrected chi connectivity index (χ4v) is 4.50. The Morgan fingerprint density at radius 2 is 1.96 bits per heavy atom. The minimum Gasteiger partial charge on any atom is -0.383 e. The highest BCUT2D eigenvalue weighted by atomic mass is 35.5. The summed E-state index contributed by atoms with van der Waals surface area (Å²) in [5.41, 5.74) is 7.13. The van der Waals surface area contributed by atoms with Gasteiger partial charge in [-0.1, -0.05) is 23.7 Å². The highest BCUT2D eigenvalue weighted by molar-refractivity contribution is 7.98. The summed E-state index contributed by atoms with van der Waals surface area (Å²) in [6.45, 7) is 0. The van der Waals surface area contributed by atoms with Crippen LogP contribution in [-0.4, -0.2) is 4.98 Å². The number of nitriles is 2. The van der Waals surface area contributed by atoms with Crippen molar-refractivity contribution in [3.63, 3.8) is 0 Å². The summed E-state index contributed by atoms with van der Waals surface area (Å²) in [7, 11) is 0. The Balaban J connectivity index is 2.09. The van der Waals surface area contributed by atoms with Gasteiger partial charge >= 0.3 is 0 Å². The van der Waals surface area contributed by atoms with Crippen molar-refractivity contribution < 1.29 is 4.39 Å². The molecule has 0 amide bonds. The maximum Gasteiger partial charge on any atom is 0.143 e. The first-order chi connectivity index (χ1) is 12.6. The number of rotatable bonds is 4. The third-order valence-corrected chi connectivity index (χ3v) is 5.84. The summed E-state index contributed by atoms with van der Waals surface area (Å²) in [6.07, 6.45) is 0. The van der Waals surface area contributed by atoms with Gasteiger partial charge in [-0.15, -0.1) is 23.1 Å². The fourth-order valence-electron chi connectivity index (χ4n) is 2.38. The predicted octanol–water partition coefficient (Wildman–Crippen LogP) is 5.22. The highest BCUT2D eigenvalue weighted by Gasteiger charge is 2.21. The van der Waals surface area contributed by atoms with Crippen molar-refractivity contribution in [3.05, 3.63) is 63.2 Å². The average molecular weight is 401 g/mol. The largest absolute Gasteiger partial charge is 0.383 e. The maximum absolute atomic E-state index is 14.0. The van der Waals surface area contributed by atoms with Crippen LogP contribution in [0, 0.1) is 28.5 Å². The smallest absolute Gasteiger partial charge is 0.143 e. The molecule has 2 heterocycles. The number of halogens is 2. The standard InChI is InChI=1S/C18H10ClFN4S2/c19-13-3-1-4-14(20)12(13)9-26-18-11(8-22)16(15-5-2-6-25-15)10(7-21)17(23)24-18/h1-6H,9H2,(H2,23,24). The minimum absolute atomic E-state index is 0.0389. The number of anilines is 1. The van der Waals surface area contributed by atoms with E-state index in [9.17, 15) is 14.9 Å². The molecule has 0 aliphatic carbocycles. The molecule has 1 aromatic carbocycles. The maximum atomic E-state index is 14.0. The van der Waals surface area contributed by atoms with Gasteiger partial charge in [0.1, 0.15) is 34.4 Å². The molecule has 0 atom stereocenters. The quantitative estimate of drug-likeness (QED) is 0.606. The van der Waals surface area contributed by atoms with Gasteiger partial charge in [-0.2, -0.15) is 10.5 Å². The van der Waals surface area contributed by atoms with Crippen LogP contribution < -0.4 is 5.73 Å². The molecule has 3 aromatic rings. The number of hydrogen-bond donors (Lipinski definition) is 1. The van der Waals surface area contributed by atoms with Crippen molar-refractivity contribution in [2.45, 2.75) is 10.8 Å². The van der Waals surface area contributed by atoms with Crippen LogP contribution in [0.5, 0.6) is 0 Å². The number of benzene rings is 1. The molecule has 4 nitrogen and oxygen atoms in total. The first-order valence-corrected chi connectivity index (χ1v) is 9.54. The van der Waals surface area contributed by atoms with E-state index in [1.54, 1.807) is 6.07 Å². The molecule has 0 bridgehead atoms. The molecule has 26 heavy (non-hydrogen) atoms. The Kier molecular flexibility index (Phi) is 5.43. The Morgan fingerprint density at radius 1 is 1.19 bits per heavy atom. The molecule has 0 aliphatic rings. The summed E-state index contributed by atoms with van der Waals surface area (Å²) >= 11 is 8.61. The molecular formula is C18H10ClFN4S2. The van der Waals surface area contributed by atoms with Crippen LogP contribution in [0.3, 0.4) is 0 Å². The summed E-state index contributed by atoms with van der Waals surface area (Å²) in [5, 5.41) is 21.6. The van der Waals surface area contributed by atoms with Gasteiger partial charge in [0.15, 0.2) is 0 Å². The van der Waals surface area contributed by atoms with Crippen LogP contribution in [-0.2, 0) is 5.75 Å². The van der Waals surface area contributed by atoms with E-state index >= 15 is 0 Å². The van der Waals surface area contributed by atoms with Crippen LogP contribution in [0.1, 0.15) is 16.7 Å². The van der Waals surface area contributed by atoms with Crippen molar-refractivity contribution in [2.75, 3.05) is 5.73 Å². The molecule has 0 unspecified atom stereocenters. The third kappa shape index (κ3) is 3.38. The van der Waals surface area contributed by atoms with E-state index in [2.05, 4.69) is 11.1 Å². The zero-order valence-electron chi connectivity index (χ0n) is 13.2. The zero-order valence-corrected chi connectivity index (χ0v) is 15.6. The van der Waals surface area contributed by atoms with E-state index < -0.39 is 5.82 Å². The lowest BCUT2D eigenvalue weighted by molar-refractivity contribution is 0.617. The minimum atomic E-state index is -0.427. The molecule has 0 fully saturated rings. The first-order valence-electron chi connectivity index (χ1n) is 7.30. The van der Waals surface area contributed by atoms with Crippen molar-refractivity contribution >= 4 is 40.5 Å². The second-order valence-corrected chi connectivity index (χ2v) is 7.44. The molecule has 128 valence electrons. The molecule has 0 spiro atoms. The van der Waals surface area contributed by atoms with E-state index in [4.69, 9.17) is 17.3 Å². The normalized spacial score (nSPS) is 10.3. The molecule has 3 rings (SSSR count). The molecule has 0 radical (unpaired) electrons. The van der Waals surface area contributed by atoms with E-state index in [1.165, 1.54) is 23.5 Å². The molecular weight excluding hydrogens is 391 g/mol. The predicted molar refractivity (Wildman–Crippen MR) is 102 cm³/mol. The van der Waals surface area contributed by atoms with Gasteiger partial charge in [0.05, 0.1) is 5.56 Å². The monoisotopic (exact) mass is 400 g/mol. The van der Waals surface area contributed by atoms with Crippen LogP contribution >= 0.6 is 34.7 Å². The summed E-state index contributed by atoms with van der Waals surface area (Å²) < 4.78 is 14.0. The van der Waals surface area contributed by atoms with E-state index in [0.717, 1.165) is 16.6 Å². The number of thiophene rings is 1. The van der Waals surface area contributed by atoms with Crippen molar-refractivity contribution in [1.82, 2.24) is 4.98 Å². The molecule has 0 aliphatic heterocycles. The van der Waals surface area contributed by atoms with Crippen LogP contribution in [0.4, 0.5) is 10.2 Å². The molecule has 2 aromatic heterocycles. The van der Waals surface area contributed by atoms with Gasteiger partial charge in [0.2, 0.25) is 0 Å². The van der Waals surface area contributed by atoms with Crippen molar-refractivity contribution in [2.24, 2.45) is 0 Å². The second-order valence-electron chi connectivity index (χ2n) is 5.12. The Hall–Kier alpha value is -2.58. The fraction of sp³-hybridized carbons (Fsp3) is 0.0556. The van der Waals surface area contributed by atoms with Crippen LogP contribution in [0.15, 0.2) is 40.7 Å². The van der Waals surface area contributed by atoms with Crippen LogP contribution in [0.2, 0.25) is 5.02 Å². The van der Waals surface area contributed by atoms with Gasteiger partial charge < -0.3 is 5.73 Å². The Morgan fingerprint density at radius 3 is 2.58 bits per heavy atom. The summed E-state index contributed by atoms with van der Waals surface area (Å²) in [4.78, 5) is 4.94. The Bertz CT molecular complexity index is 1030. The number of pyridine rings is 1. The van der Waals surface area contributed by atoms with Crippen molar-refractivity contribution in [1.29, 1.82) is 10.5 Å². The van der Waals surface area contributed by atoms with E-state index in [1.807, 2.05) is 23.6 Å². The number of thioether (sulfide) groups is 1. The Labute approximate surface area is 162 Å². The number of nitrogens with two attached hydrogens (primary N) is 1. The third-order valence-electron chi connectivity index (χ3n) is 3.60. The number of nitrogen functional groups attached to an aromatic ring is 1. The van der Waals surface area contributed by atoms with Gasteiger partial charge in [-0.25, -0.2) is 9.37 Å². The van der Waals surface area contributed by atoms with Crippen LogP contribution in [0.25, 0.3) is 10.4 Å². The van der Waals surface area contributed by atoms with Crippen molar-refractivity contribution in [3.8, 4) is 22.6 Å². The zero-order chi connectivity index (χ0) is 18.7. The molecule has 0 saturated heterocycles. The lowest BCUT2D eigenvalue weighted by atomic mass is 10.0. The van der Waals surface area contributed by atoms with Gasteiger partial charge in [-0.3, -0.25) is 0 Å². The van der Waals surface area contributed by atoms with Gasteiger partial charge in [0.25, 0.3) is 0 Å². The SMILES string of the molecule is N#Cc1c(N)nc(SCc2c(F)cccc2Cl)c(C#N)c1-c1cccs1. The highest BCUT2D eigenvalue weighted by Crippen LogP contribution is 2.39. The first kappa shape index (κ1) is 18.2. The van der Waals surface area contributed by atoms with Gasteiger partial charge in [0, 0.05) is 26.8 Å². The van der Waals surface area contributed by atoms with E-state index in [0.29, 0.717) is 21.2 Å². The number of nitrogens with zero attached hydrogens (tertiary/aromatic N) is 3.